The molecule has 19 heavy (non-hydrogen) atoms. The SMILES string of the molecule is C[C@@H](NC(=O)c1cccc(F)c1N)c1ccccc1. The lowest BCUT2D eigenvalue weighted by atomic mass is 10.1. The fourth-order valence-electron chi connectivity index (χ4n) is 1.83. The molecule has 0 bridgehead atoms. The molecule has 2 rings (SSSR count). The molecule has 4 heteroatoms. The molecule has 3 nitrogen and oxygen atoms in total. The third-order valence-corrected chi connectivity index (χ3v) is 2.94. The number of nitrogens with one attached hydrogen (secondary N) is 1. The van der Waals surface area contributed by atoms with Gasteiger partial charge in [-0.1, -0.05) is 36.4 Å². The van der Waals surface area contributed by atoms with Gasteiger partial charge >= 0.3 is 0 Å². The van der Waals surface area contributed by atoms with E-state index < -0.39 is 5.82 Å². The van der Waals surface area contributed by atoms with Gasteiger partial charge in [-0.25, -0.2) is 4.39 Å². The third-order valence-electron chi connectivity index (χ3n) is 2.94. The van der Waals surface area contributed by atoms with Crippen molar-refractivity contribution in [1.29, 1.82) is 0 Å². The number of amides is 1. The van der Waals surface area contributed by atoms with Gasteiger partial charge in [0.25, 0.3) is 5.91 Å². The predicted molar refractivity (Wildman–Crippen MR) is 73.1 cm³/mol. The van der Waals surface area contributed by atoms with Crippen LogP contribution in [0.15, 0.2) is 48.5 Å². The maximum absolute atomic E-state index is 13.3. The standard InChI is InChI=1S/C15H15FN2O/c1-10(11-6-3-2-4-7-11)18-15(19)12-8-5-9-13(16)14(12)17/h2-10H,17H2,1H3,(H,18,19)/t10-/m1/s1. The molecule has 0 heterocycles. The van der Waals surface area contributed by atoms with Crippen molar-refractivity contribution in [2.24, 2.45) is 0 Å². The second-order valence-corrected chi connectivity index (χ2v) is 4.31. The summed E-state index contributed by atoms with van der Waals surface area (Å²) >= 11 is 0. The van der Waals surface area contributed by atoms with Gasteiger partial charge in [0.05, 0.1) is 17.3 Å². The van der Waals surface area contributed by atoms with E-state index in [4.69, 9.17) is 5.73 Å². The van der Waals surface area contributed by atoms with E-state index in [0.717, 1.165) is 5.56 Å². The first-order valence-corrected chi connectivity index (χ1v) is 5.99. The first kappa shape index (κ1) is 13.1. The van der Waals surface area contributed by atoms with Crippen LogP contribution in [0.4, 0.5) is 10.1 Å². The highest BCUT2D eigenvalue weighted by Crippen LogP contribution is 2.18. The largest absolute Gasteiger partial charge is 0.396 e. The van der Waals surface area contributed by atoms with E-state index >= 15 is 0 Å². The van der Waals surface area contributed by atoms with Gasteiger partial charge in [0, 0.05) is 0 Å². The quantitative estimate of drug-likeness (QED) is 0.832. The number of carbonyl (C=O) groups excluding carboxylic acids is 1. The average molecular weight is 258 g/mol. The summed E-state index contributed by atoms with van der Waals surface area (Å²) in [6.07, 6.45) is 0. The number of halogens is 1. The highest BCUT2D eigenvalue weighted by Gasteiger charge is 2.15. The Labute approximate surface area is 111 Å². The third kappa shape index (κ3) is 2.91. The summed E-state index contributed by atoms with van der Waals surface area (Å²) in [5, 5.41) is 2.79. The van der Waals surface area contributed by atoms with Gasteiger partial charge in [-0.05, 0) is 24.6 Å². The topological polar surface area (TPSA) is 55.1 Å². The zero-order valence-electron chi connectivity index (χ0n) is 10.6. The molecular formula is C15H15FN2O. The zero-order chi connectivity index (χ0) is 13.8. The van der Waals surface area contributed by atoms with Crippen LogP contribution in [0.5, 0.6) is 0 Å². The molecule has 98 valence electrons. The van der Waals surface area contributed by atoms with Crippen molar-refractivity contribution in [2.45, 2.75) is 13.0 Å². The zero-order valence-corrected chi connectivity index (χ0v) is 10.6. The first-order valence-electron chi connectivity index (χ1n) is 5.99. The maximum Gasteiger partial charge on any atom is 0.253 e. The second kappa shape index (κ2) is 5.52. The van der Waals surface area contributed by atoms with Crippen LogP contribution in [-0.4, -0.2) is 5.91 Å². The number of nitrogen functional groups attached to an aromatic ring is 1. The monoisotopic (exact) mass is 258 g/mol. The molecule has 0 aliphatic heterocycles. The van der Waals surface area contributed by atoms with Gasteiger partial charge in [-0.2, -0.15) is 0 Å². The number of para-hydroxylation sites is 1. The number of rotatable bonds is 3. The van der Waals surface area contributed by atoms with Gasteiger partial charge in [-0.3, -0.25) is 4.79 Å². The summed E-state index contributed by atoms with van der Waals surface area (Å²) < 4.78 is 13.3. The fraction of sp³-hybridized carbons (Fsp3) is 0.133. The molecule has 2 aromatic rings. The summed E-state index contributed by atoms with van der Waals surface area (Å²) in [6, 6.07) is 13.6. The van der Waals surface area contributed by atoms with Gasteiger partial charge in [0.1, 0.15) is 5.82 Å². The molecule has 0 saturated heterocycles. The minimum absolute atomic E-state index is 0.125. The number of anilines is 1. The molecular weight excluding hydrogens is 243 g/mol. The minimum atomic E-state index is -0.583. The Hall–Kier alpha value is -2.36. The number of hydrogen-bond donors (Lipinski definition) is 2. The molecule has 1 atom stereocenters. The van der Waals surface area contributed by atoms with Crippen molar-refractivity contribution < 1.29 is 9.18 Å². The average Bonchev–Trinajstić information content (AvgIpc) is 2.42. The fourth-order valence-corrected chi connectivity index (χ4v) is 1.83. The van der Waals surface area contributed by atoms with Crippen LogP contribution in [0.3, 0.4) is 0 Å². The van der Waals surface area contributed by atoms with Crippen LogP contribution >= 0.6 is 0 Å². The van der Waals surface area contributed by atoms with E-state index in [-0.39, 0.29) is 23.2 Å². The van der Waals surface area contributed by atoms with Gasteiger partial charge < -0.3 is 11.1 Å². The van der Waals surface area contributed by atoms with Crippen molar-refractivity contribution in [3.8, 4) is 0 Å². The summed E-state index contributed by atoms with van der Waals surface area (Å²) in [5.41, 5.74) is 6.57. The number of carbonyl (C=O) groups is 1. The molecule has 3 N–H and O–H groups in total. The molecule has 0 spiro atoms. The molecule has 0 aliphatic carbocycles. The lowest BCUT2D eigenvalue weighted by Gasteiger charge is -2.15. The molecule has 0 radical (unpaired) electrons. The van der Waals surface area contributed by atoms with Crippen molar-refractivity contribution in [2.75, 3.05) is 5.73 Å². The van der Waals surface area contributed by atoms with E-state index in [0.29, 0.717) is 0 Å². The van der Waals surface area contributed by atoms with Crippen molar-refractivity contribution in [3.63, 3.8) is 0 Å². The highest BCUT2D eigenvalue weighted by molar-refractivity contribution is 5.99. The summed E-state index contributed by atoms with van der Waals surface area (Å²) in [7, 11) is 0. The number of benzene rings is 2. The highest BCUT2D eigenvalue weighted by atomic mass is 19.1. The molecule has 1 amide bonds. The Morgan fingerprint density at radius 2 is 1.84 bits per heavy atom. The maximum atomic E-state index is 13.3. The van der Waals surface area contributed by atoms with Gasteiger partial charge in [0.15, 0.2) is 0 Å². The van der Waals surface area contributed by atoms with Crippen LogP contribution in [0, 0.1) is 5.82 Å². The molecule has 0 aliphatic rings. The summed E-state index contributed by atoms with van der Waals surface area (Å²) in [6.45, 7) is 1.86. The van der Waals surface area contributed by atoms with Crippen LogP contribution in [0.25, 0.3) is 0 Å². The molecule has 0 saturated carbocycles. The van der Waals surface area contributed by atoms with E-state index in [1.165, 1.54) is 18.2 Å². The van der Waals surface area contributed by atoms with E-state index in [1.54, 1.807) is 0 Å². The Morgan fingerprint density at radius 3 is 2.53 bits per heavy atom. The Balaban J connectivity index is 2.16. The van der Waals surface area contributed by atoms with Crippen LogP contribution in [-0.2, 0) is 0 Å². The van der Waals surface area contributed by atoms with E-state index in [9.17, 15) is 9.18 Å². The lowest BCUT2D eigenvalue weighted by Crippen LogP contribution is -2.27. The number of hydrogen-bond acceptors (Lipinski definition) is 2. The minimum Gasteiger partial charge on any atom is -0.396 e. The Morgan fingerprint density at radius 1 is 1.16 bits per heavy atom. The van der Waals surface area contributed by atoms with Crippen LogP contribution < -0.4 is 11.1 Å². The summed E-state index contributed by atoms with van der Waals surface area (Å²) in [4.78, 5) is 12.0. The van der Waals surface area contributed by atoms with Crippen molar-refractivity contribution >= 4 is 11.6 Å². The normalized spacial score (nSPS) is 11.9. The van der Waals surface area contributed by atoms with Gasteiger partial charge in [-0.15, -0.1) is 0 Å². The van der Waals surface area contributed by atoms with Crippen molar-refractivity contribution in [1.82, 2.24) is 5.32 Å². The van der Waals surface area contributed by atoms with Crippen molar-refractivity contribution in [3.05, 3.63) is 65.5 Å². The molecule has 0 aromatic heterocycles. The predicted octanol–water partition coefficient (Wildman–Crippen LogP) is 2.90. The van der Waals surface area contributed by atoms with Crippen LogP contribution in [0.1, 0.15) is 28.9 Å². The molecule has 0 fully saturated rings. The Bertz CT molecular complexity index is 584. The van der Waals surface area contributed by atoms with Gasteiger partial charge in [0.2, 0.25) is 0 Å². The first-order chi connectivity index (χ1) is 9.09. The van der Waals surface area contributed by atoms with E-state index in [1.807, 2.05) is 37.3 Å². The molecule has 0 unspecified atom stereocenters. The lowest BCUT2D eigenvalue weighted by molar-refractivity contribution is 0.0940. The van der Waals surface area contributed by atoms with Crippen LogP contribution in [0.2, 0.25) is 0 Å². The smallest absolute Gasteiger partial charge is 0.253 e. The second-order valence-electron chi connectivity index (χ2n) is 4.31. The van der Waals surface area contributed by atoms with E-state index in [2.05, 4.69) is 5.32 Å². The number of nitrogens with two attached hydrogens (primary N) is 1. The Kier molecular flexibility index (Phi) is 3.80. The summed E-state index contributed by atoms with van der Waals surface area (Å²) in [5.74, 6) is -0.964. The molecule has 2 aromatic carbocycles.